The van der Waals surface area contributed by atoms with E-state index in [0.717, 1.165) is 56.1 Å². The molecule has 1 N–H and O–H groups in total. The van der Waals surface area contributed by atoms with E-state index >= 15 is 0 Å². The number of ether oxygens (including phenoxy) is 15. The maximum absolute atomic E-state index is 14.5. The minimum atomic E-state index is -0.882. The van der Waals surface area contributed by atoms with Crippen molar-refractivity contribution in [2.75, 3.05) is 0 Å². The lowest BCUT2D eigenvalue weighted by Gasteiger charge is -2.54. The normalized spacial score (nSPS) is 57.7. The summed E-state index contributed by atoms with van der Waals surface area (Å²) in [6.45, 7) is 19.9. The molecule has 16 saturated heterocycles. The third-order valence-electron chi connectivity index (χ3n) is 21.4. The molecular formula is C59H82O19. The van der Waals surface area contributed by atoms with Crippen molar-refractivity contribution < 1.29 is 90.5 Å². The summed E-state index contributed by atoms with van der Waals surface area (Å²) in [6, 6.07) is 0. The Morgan fingerprint density at radius 1 is 0.474 bits per heavy atom. The molecule has 12 bridgehead atoms. The largest absolute Gasteiger partial charge is 0.459 e. The standard InChI is InChI=1S/C58H82O17.CO2/c1-25-14-32-8-10-36-26(2)15-34(62-36)12-13-56-23-44-52(74-56)53-54(68-44)55(75-56)51-37(66-53)11-9-33(64-51)16-46(60)69-50-30(6)49-41(65-40(50)18-38(63-32)29(25)5)19-39-43(67-49)22-58(70-39)24-45-48(73-58)28(4)21-57(72-45)20-27(3)47-42(71-57)17-35(59)31(7)61-47;2-1-3/h25,27-28,30-45,47-55,59H,2,5,8-24H2,1,3-4,6-7H3;/t25-,27+,28+,30+,31-,32+,33-,34+,35-,36+,37+,38?,39-,40+,41+,42+,43-,44-,45+,47+,48+,49+,50-,51+,52-,53?,54-,55+,56+,57-,58+;/m1./s1. The van der Waals surface area contributed by atoms with Crippen LogP contribution in [-0.2, 0) is 85.4 Å². The summed E-state index contributed by atoms with van der Waals surface area (Å²) in [4.78, 5) is 30.8. The number of aliphatic hydroxyl groups is 1. The first kappa shape index (κ1) is 53.7. The van der Waals surface area contributed by atoms with Crippen LogP contribution in [-0.4, -0.2) is 181 Å². The molecule has 0 aliphatic carbocycles. The smallest absolute Gasteiger partial charge is 0.373 e. The first-order chi connectivity index (χ1) is 37.5. The van der Waals surface area contributed by atoms with Crippen molar-refractivity contribution in [1.82, 2.24) is 0 Å². The number of rotatable bonds is 0. The molecule has 78 heavy (non-hydrogen) atoms. The molecule has 432 valence electrons. The third kappa shape index (κ3) is 9.30. The van der Waals surface area contributed by atoms with E-state index in [0.29, 0.717) is 57.8 Å². The molecule has 0 aromatic carbocycles. The van der Waals surface area contributed by atoms with Gasteiger partial charge in [-0.05, 0) is 80.8 Å². The second-order valence-electron chi connectivity index (χ2n) is 26.7. The highest BCUT2D eigenvalue weighted by atomic mass is 16.8. The first-order valence-corrected chi connectivity index (χ1v) is 30.0. The van der Waals surface area contributed by atoms with E-state index in [1.165, 1.54) is 0 Å². The Hall–Kier alpha value is -2.27. The second kappa shape index (κ2) is 20.2. The van der Waals surface area contributed by atoms with Crippen molar-refractivity contribution in [1.29, 1.82) is 0 Å². The Morgan fingerprint density at radius 2 is 1.12 bits per heavy atom. The molecule has 2 unspecified atom stereocenters. The monoisotopic (exact) mass is 1090 g/mol. The van der Waals surface area contributed by atoms with Gasteiger partial charge < -0.3 is 76.2 Å². The first-order valence-electron chi connectivity index (χ1n) is 30.0. The topological polar surface area (TPSA) is 210 Å². The van der Waals surface area contributed by atoms with Crippen molar-refractivity contribution in [3.63, 3.8) is 0 Å². The summed E-state index contributed by atoms with van der Waals surface area (Å²) in [7, 11) is 0. The van der Waals surface area contributed by atoms with Crippen molar-refractivity contribution in [2.24, 2.45) is 23.7 Å². The number of carbonyl (C=O) groups is 1. The highest BCUT2D eigenvalue weighted by Crippen LogP contribution is 2.57. The molecule has 0 aromatic rings. The van der Waals surface area contributed by atoms with Gasteiger partial charge in [0.25, 0.3) is 0 Å². The van der Waals surface area contributed by atoms with Gasteiger partial charge in [0, 0.05) is 63.7 Å². The SMILES string of the molecule is C=C1C2C[C@@H]3O[C@H]4C[C@H]5O[C@@]6(C[C@@H]7O[C@]8(C[C@H](C)[C@@H]9O[C@H](C)[C@H](O)C[C@@H]9O8)C[C@H](C)[C@@H]7O6)C[C@H]5O[C@H]4[C@H](C)[C@H]3OC(=O)C[C@H]3CC[C@@H]4OC5[C@H]6O[C@@H]7C[C@](CC[C@H]8CC(=C)[C@H](CC[C@@H](C[C@H]1C)O2)O8)(O[C@H]6[C@H]4O3)O[C@@H]57.O=C=O. The predicted octanol–water partition coefficient (Wildman–Crippen LogP) is 5.62. The van der Waals surface area contributed by atoms with Crippen LogP contribution in [0, 0.1) is 23.7 Å². The Balaban J connectivity index is 0.00000180. The van der Waals surface area contributed by atoms with Crippen LogP contribution in [0.5, 0.6) is 0 Å². The minimum absolute atomic E-state index is 0.00419. The van der Waals surface area contributed by atoms with Gasteiger partial charge in [0.05, 0.1) is 116 Å². The van der Waals surface area contributed by atoms with Crippen LogP contribution in [0.15, 0.2) is 24.3 Å². The van der Waals surface area contributed by atoms with Gasteiger partial charge in [-0.3, -0.25) is 4.79 Å². The molecule has 3 spiro atoms. The minimum Gasteiger partial charge on any atom is -0.459 e. The number of aliphatic hydroxyl groups excluding tert-OH is 1. The number of carbonyl (C=O) groups excluding carboxylic acids is 3. The van der Waals surface area contributed by atoms with E-state index < -0.39 is 47.9 Å². The number of esters is 1. The third-order valence-corrected chi connectivity index (χ3v) is 21.4. The van der Waals surface area contributed by atoms with Crippen LogP contribution in [0.2, 0.25) is 0 Å². The van der Waals surface area contributed by atoms with E-state index in [2.05, 4.69) is 40.9 Å². The van der Waals surface area contributed by atoms with Gasteiger partial charge in [-0.2, -0.15) is 9.59 Å². The highest BCUT2D eigenvalue weighted by molar-refractivity contribution is 5.70. The molecule has 0 radical (unpaired) electrons. The predicted molar refractivity (Wildman–Crippen MR) is 267 cm³/mol. The van der Waals surface area contributed by atoms with Crippen LogP contribution in [0.3, 0.4) is 0 Å². The highest BCUT2D eigenvalue weighted by Gasteiger charge is 2.70. The molecule has 16 fully saturated rings. The number of hydrogen-bond acceptors (Lipinski definition) is 19. The fourth-order valence-corrected chi connectivity index (χ4v) is 17.7. The van der Waals surface area contributed by atoms with E-state index in [1.54, 1.807) is 0 Å². The zero-order chi connectivity index (χ0) is 53.7. The molecular weight excluding hydrogens is 1010 g/mol. The Bertz CT molecular complexity index is 2350. The average Bonchev–Trinajstić information content (AvgIpc) is 4.28. The lowest BCUT2D eigenvalue weighted by molar-refractivity contribution is -0.370. The average molecular weight is 1100 g/mol. The summed E-state index contributed by atoms with van der Waals surface area (Å²) in [5.41, 5.74) is 2.17. The zero-order valence-electron chi connectivity index (χ0n) is 45.9. The summed E-state index contributed by atoms with van der Waals surface area (Å²) in [5.74, 6) is -2.43. The molecule has 16 aliphatic rings. The van der Waals surface area contributed by atoms with Crippen molar-refractivity contribution in [2.45, 2.75) is 308 Å². The van der Waals surface area contributed by atoms with Crippen LogP contribution < -0.4 is 0 Å². The summed E-state index contributed by atoms with van der Waals surface area (Å²) >= 11 is 0. The summed E-state index contributed by atoms with van der Waals surface area (Å²) < 4.78 is 103. The van der Waals surface area contributed by atoms with Gasteiger partial charge in [-0.15, -0.1) is 0 Å². The zero-order valence-corrected chi connectivity index (χ0v) is 45.9. The maximum Gasteiger partial charge on any atom is 0.373 e. The summed E-state index contributed by atoms with van der Waals surface area (Å²) in [5, 5.41) is 10.8. The van der Waals surface area contributed by atoms with Crippen LogP contribution in [0.25, 0.3) is 0 Å². The van der Waals surface area contributed by atoms with Gasteiger partial charge in [0.15, 0.2) is 17.4 Å². The van der Waals surface area contributed by atoms with Gasteiger partial charge in [0.2, 0.25) is 0 Å². The summed E-state index contributed by atoms with van der Waals surface area (Å²) in [6.07, 6.45) is 5.05. The molecule has 16 aliphatic heterocycles. The molecule has 16 heterocycles. The molecule has 0 amide bonds. The maximum atomic E-state index is 14.5. The van der Waals surface area contributed by atoms with Crippen LogP contribution in [0.4, 0.5) is 0 Å². The van der Waals surface area contributed by atoms with Crippen molar-refractivity contribution >= 4 is 12.1 Å². The van der Waals surface area contributed by atoms with Crippen molar-refractivity contribution in [3.05, 3.63) is 24.3 Å². The van der Waals surface area contributed by atoms with Gasteiger partial charge >= 0.3 is 12.1 Å². The van der Waals surface area contributed by atoms with E-state index in [9.17, 15) is 9.90 Å². The second-order valence-corrected chi connectivity index (χ2v) is 26.7. The van der Waals surface area contributed by atoms with Gasteiger partial charge in [-0.1, -0.05) is 40.9 Å². The van der Waals surface area contributed by atoms with Crippen molar-refractivity contribution in [3.8, 4) is 0 Å². The fourth-order valence-electron chi connectivity index (χ4n) is 17.7. The van der Waals surface area contributed by atoms with Gasteiger partial charge in [0.1, 0.15) is 36.6 Å². The quantitative estimate of drug-likeness (QED) is 0.231. The Morgan fingerprint density at radius 3 is 1.95 bits per heavy atom. The van der Waals surface area contributed by atoms with E-state index in [4.69, 9.17) is 80.6 Å². The number of fused-ring (bicyclic) bond motifs is 10. The molecule has 19 heteroatoms. The molecule has 0 saturated carbocycles. The van der Waals surface area contributed by atoms with Crippen LogP contribution >= 0.6 is 0 Å². The van der Waals surface area contributed by atoms with Crippen LogP contribution in [0.1, 0.15) is 144 Å². The number of hydrogen-bond donors (Lipinski definition) is 1. The lowest BCUT2D eigenvalue weighted by Crippen LogP contribution is -2.62. The Labute approximate surface area is 456 Å². The molecule has 0 aromatic heterocycles. The Kier molecular flexibility index (Phi) is 13.9. The molecule has 31 atom stereocenters. The van der Waals surface area contributed by atoms with E-state index in [-0.39, 0.29) is 158 Å². The van der Waals surface area contributed by atoms with E-state index in [1.807, 2.05) is 6.92 Å². The molecule has 16 rings (SSSR count). The molecule has 19 nitrogen and oxygen atoms in total. The lowest BCUT2D eigenvalue weighted by atomic mass is 9.78. The fraction of sp³-hybridized carbons (Fsp3) is 0.898. The van der Waals surface area contributed by atoms with Gasteiger partial charge in [-0.25, -0.2) is 0 Å².